The number of likely N-dealkylation sites (N-methyl/N-ethyl adjacent to an activating group) is 1. The third-order valence-electron chi connectivity index (χ3n) is 5.08. The van der Waals surface area contributed by atoms with Gasteiger partial charge in [-0.1, -0.05) is 77.8 Å². The van der Waals surface area contributed by atoms with Crippen LogP contribution in [-0.4, -0.2) is 35.9 Å². The quantitative estimate of drug-likeness (QED) is 0.432. The van der Waals surface area contributed by atoms with E-state index in [9.17, 15) is 9.59 Å². The molecule has 1 N–H and O–H groups in total. The van der Waals surface area contributed by atoms with Gasteiger partial charge in [0.15, 0.2) is 6.61 Å². The molecule has 3 rings (SSSR count). The number of rotatable bonds is 10. The van der Waals surface area contributed by atoms with Gasteiger partial charge in [-0.2, -0.15) is 0 Å². The van der Waals surface area contributed by atoms with Gasteiger partial charge in [0.1, 0.15) is 11.8 Å². The molecule has 7 heteroatoms. The van der Waals surface area contributed by atoms with Crippen LogP contribution in [0, 0.1) is 0 Å². The lowest BCUT2D eigenvalue weighted by Crippen LogP contribution is -2.51. The third-order valence-corrected chi connectivity index (χ3v) is 5.64. The molecule has 0 saturated heterocycles. The number of para-hydroxylation sites is 1. The highest BCUT2D eigenvalue weighted by Crippen LogP contribution is 2.23. The Bertz CT molecular complexity index is 1060. The number of amides is 2. The van der Waals surface area contributed by atoms with Gasteiger partial charge in [0, 0.05) is 24.5 Å². The van der Waals surface area contributed by atoms with Crippen LogP contribution < -0.4 is 10.1 Å². The second-order valence-corrected chi connectivity index (χ2v) is 8.31. The average Bonchev–Trinajstić information content (AvgIpc) is 2.82. The number of halogens is 2. The first kappa shape index (κ1) is 24.6. The molecule has 0 heterocycles. The lowest BCUT2D eigenvalue weighted by molar-refractivity contribution is -0.142. The topological polar surface area (TPSA) is 58.6 Å². The van der Waals surface area contributed by atoms with Crippen LogP contribution in [0.25, 0.3) is 0 Å². The van der Waals surface area contributed by atoms with Crippen molar-refractivity contribution in [3.8, 4) is 5.75 Å². The number of carbonyl (C=O) groups is 2. The van der Waals surface area contributed by atoms with Crippen molar-refractivity contribution in [2.75, 3.05) is 13.2 Å². The Morgan fingerprint density at radius 2 is 1.58 bits per heavy atom. The van der Waals surface area contributed by atoms with Crippen molar-refractivity contribution in [2.24, 2.45) is 0 Å². The SMILES string of the molecule is CCNC(=O)[C@H](Cc1ccccc1)N(Cc1ccc(Cl)cc1)C(=O)COc1ccccc1Cl. The molecular weight excluding hydrogens is 459 g/mol. The molecule has 0 radical (unpaired) electrons. The predicted molar refractivity (Wildman–Crippen MR) is 132 cm³/mol. The summed E-state index contributed by atoms with van der Waals surface area (Å²) in [6.07, 6.45) is 0.373. The number of hydrogen-bond acceptors (Lipinski definition) is 3. The van der Waals surface area contributed by atoms with E-state index in [4.69, 9.17) is 27.9 Å². The van der Waals surface area contributed by atoms with Crippen molar-refractivity contribution >= 4 is 35.0 Å². The highest BCUT2D eigenvalue weighted by molar-refractivity contribution is 6.32. The summed E-state index contributed by atoms with van der Waals surface area (Å²) in [4.78, 5) is 28.0. The van der Waals surface area contributed by atoms with Gasteiger partial charge in [0.05, 0.1) is 5.02 Å². The third kappa shape index (κ3) is 7.24. The molecule has 2 amide bonds. The van der Waals surface area contributed by atoms with Gasteiger partial charge in [-0.05, 0) is 42.3 Å². The van der Waals surface area contributed by atoms with Crippen LogP contribution in [0.15, 0.2) is 78.9 Å². The highest BCUT2D eigenvalue weighted by Gasteiger charge is 2.30. The lowest BCUT2D eigenvalue weighted by atomic mass is 10.0. The van der Waals surface area contributed by atoms with Gasteiger partial charge in [-0.3, -0.25) is 9.59 Å². The number of nitrogens with one attached hydrogen (secondary N) is 1. The van der Waals surface area contributed by atoms with E-state index in [-0.39, 0.29) is 25.0 Å². The number of benzene rings is 3. The molecule has 5 nitrogen and oxygen atoms in total. The van der Waals surface area contributed by atoms with Gasteiger partial charge in [0.2, 0.25) is 5.91 Å². The fraction of sp³-hybridized carbons (Fsp3) is 0.231. The molecule has 0 spiro atoms. The zero-order chi connectivity index (χ0) is 23.6. The normalized spacial score (nSPS) is 11.5. The second-order valence-electron chi connectivity index (χ2n) is 7.47. The van der Waals surface area contributed by atoms with E-state index in [2.05, 4.69) is 5.32 Å². The van der Waals surface area contributed by atoms with Crippen LogP contribution >= 0.6 is 23.2 Å². The highest BCUT2D eigenvalue weighted by atomic mass is 35.5. The van der Waals surface area contributed by atoms with Gasteiger partial charge in [-0.15, -0.1) is 0 Å². The van der Waals surface area contributed by atoms with E-state index in [0.29, 0.717) is 28.8 Å². The van der Waals surface area contributed by atoms with E-state index >= 15 is 0 Å². The molecule has 33 heavy (non-hydrogen) atoms. The first-order valence-corrected chi connectivity index (χ1v) is 11.5. The zero-order valence-corrected chi connectivity index (χ0v) is 19.9. The largest absolute Gasteiger partial charge is 0.482 e. The molecule has 0 aliphatic heterocycles. The second kappa shape index (κ2) is 12.3. The van der Waals surface area contributed by atoms with Crippen LogP contribution in [0.3, 0.4) is 0 Å². The summed E-state index contributed by atoms with van der Waals surface area (Å²) in [5.41, 5.74) is 1.81. The zero-order valence-electron chi connectivity index (χ0n) is 18.3. The molecule has 3 aromatic rings. The number of ether oxygens (including phenoxy) is 1. The minimum Gasteiger partial charge on any atom is -0.482 e. The van der Waals surface area contributed by atoms with Gasteiger partial charge in [-0.25, -0.2) is 0 Å². The van der Waals surface area contributed by atoms with Crippen molar-refractivity contribution in [3.63, 3.8) is 0 Å². The van der Waals surface area contributed by atoms with Crippen LogP contribution in [0.5, 0.6) is 5.75 Å². The molecule has 0 saturated carbocycles. The van der Waals surface area contributed by atoms with Gasteiger partial charge < -0.3 is 15.0 Å². The van der Waals surface area contributed by atoms with E-state index in [1.54, 1.807) is 41.3 Å². The van der Waals surface area contributed by atoms with Crippen molar-refractivity contribution in [1.82, 2.24) is 10.2 Å². The smallest absolute Gasteiger partial charge is 0.261 e. The monoisotopic (exact) mass is 484 g/mol. The molecule has 0 unspecified atom stereocenters. The Hall–Kier alpha value is -3.02. The van der Waals surface area contributed by atoms with Crippen molar-refractivity contribution < 1.29 is 14.3 Å². The summed E-state index contributed by atoms with van der Waals surface area (Å²) in [5.74, 6) is -0.130. The van der Waals surface area contributed by atoms with Crippen molar-refractivity contribution in [1.29, 1.82) is 0 Å². The molecule has 1 atom stereocenters. The van der Waals surface area contributed by atoms with Crippen LogP contribution in [0.1, 0.15) is 18.1 Å². The molecule has 0 aromatic heterocycles. The maximum absolute atomic E-state index is 13.4. The Morgan fingerprint density at radius 1 is 0.909 bits per heavy atom. The predicted octanol–water partition coefficient (Wildman–Crippen LogP) is 5.15. The molecule has 0 aliphatic carbocycles. The average molecular weight is 485 g/mol. The minimum atomic E-state index is -0.717. The summed E-state index contributed by atoms with van der Waals surface area (Å²) < 4.78 is 5.70. The molecule has 3 aromatic carbocycles. The maximum Gasteiger partial charge on any atom is 0.261 e. The molecular formula is C26H26Cl2N2O3. The summed E-state index contributed by atoms with van der Waals surface area (Å²) in [6.45, 7) is 2.30. The summed E-state index contributed by atoms with van der Waals surface area (Å²) in [5, 5.41) is 3.88. The molecule has 0 fully saturated rings. The maximum atomic E-state index is 13.4. The van der Waals surface area contributed by atoms with Crippen molar-refractivity contribution in [2.45, 2.75) is 25.9 Å². The summed E-state index contributed by atoms with van der Waals surface area (Å²) in [7, 11) is 0. The van der Waals surface area contributed by atoms with Crippen LogP contribution in [-0.2, 0) is 22.6 Å². The Morgan fingerprint density at radius 3 is 2.24 bits per heavy atom. The fourth-order valence-electron chi connectivity index (χ4n) is 3.42. The Kier molecular flexibility index (Phi) is 9.16. The van der Waals surface area contributed by atoms with E-state index in [0.717, 1.165) is 11.1 Å². The Labute approximate surface area is 204 Å². The van der Waals surface area contributed by atoms with Crippen molar-refractivity contribution in [3.05, 3.63) is 100 Å². The Balaban J connectivity index is 1.89. The number of nitrogens with zero attached hydrogens (tertiary/aromatic N) is 1. The van der Waals surface area contributed by atoms with E-state index in [1.807, 2.05) is 49.4 Å². The number of hydrogen-bond donors (Lipinski definition) is 1. The molecule has 0 aliphatic rings. The van der Waals surface area contributed by atoms with Gasteiger partial charge in [0.25, 0.3) is 5.91 Å². The molecule has 0 bridgehead atoms. The van der Waals surface area contributed by atoms with E-state index in [1.165, 1.54) is 0 Å². The van der Waals surface area contributed by atoms with Crippen LogP contribution in [0.2, 0.25) is 10.0 Å². The van der Waals surface area contributed by atoms with Gasteiger partial charge >= 0.3 is 0 Å². The standard InChI is InChI=1S/C26H26Cl2N2O3/c1-2-29-26(32)23(16-19-8-4-3-5-9-19)30(17-20-12-14-21(27)15-13-20)25(31)18-33-24-11-7-6-10-22(24)28/h3-15,23H,2,16-18H2,1H3,(H,29,32)/t23-/m0/s1. The first-order valence-electron chi connectivity index (χ1n) is 10.7. The van der Waals surface area contributed by atoms with E-state index < -0.39 is 6.04 Å². The summed E-state index contributed by atoms with van der Waals surface area (Å²) in [6, 6.07) is 23.1. The lowest BCUT2D eigenvalue weighted by Gasteiger charge is -2.31. The first-order chi connectivity index (χ1) is 16.0. The fourth-order valence-corrected chi connectivity index (χ4v) is 3.73. The molecule has 172 valence electrons. The minimum absolute atomic E-state index is 0.221. The van der Waals surface area contributed by atoms with Crippen LogP contribution in [0.4, 0.5) is 0 Å². The summed E-state index contributed by atoms with van der Waals surface area (Å²) >= 11 is 12.2. The number of carbonyl (C=O) groups excluding carboxylic acids is 2.